The van der Waals surface area contributed by atoms with Crippen LogP contribution >= 0.6 is 15.9 Å². The number of alkyl halides is 1. The fraction of sp³-hybridized carbons (Fsp3) is 1.00. The van der Waals surface area contributed by atoms with Crippen molar-refractivity contribution in [2.45, 2.75) is 105 Å². The van der Waals surface area contributed by atoms with Crippen LogP contribution < -0.4 is 0 Å². The van der Waals surface area contributed by atoms with Crippen molar-refractivity contribution < 1.29 is 5.11 Å². The first-order chi connectivity index (χ1) is 10.7. The molecule has 0 radical (unpaired) electrons. The maximum Gasteiger partial charge on any atom is 0.0433 e. The second-order valence-corrected chi connectivity index (χ2v) is 7.38. The Morgan fingerprint density at radius 1 is 0.636 bits per heavy atom. The van der Waals surface area contributed by atoms with Crippen LogP contribution in [-0.4, -0.2) is 17.0 Å². The topological polar surface area (TPSA) is 20.2 Å². The minimum atomic E-state index is 0.369. The third-order valence-corrected chi connectivity index (χ3v) is 4.84. The summed E-state index contributed by atoms with van der Waals surface area (Å²) in [7, 11) is 0. The summed E-state index contributed by atoms with van der Waals surface area (Å²) in [6.07, 6.45) is 15.8. The number of hydrogen-bond acceptors (Lipinski definition) is 1. The summed E-state index contributed by atoms with van der Waals surface area (Å²) < 4.78 is 0. The molecule has 2 atom stereocenters. The van der Waals surface area contributed by atoms with Crippen LogP contribution in [0.15, 0.2) is 0 Å². The van der Waals surface area contributed by atoms with Crippen LogP contribution in [0.2, 0.25) is 0 Å². The van der Waals surface area contributed by atoms with E-state index in [1.54, 1.807) is 0 Å². The molecular formula is C20H43BrO. The zero-order valence-corrected chi connectivity index (χ0v) is 17.5. The summed E-state index contributed by atoms with van der Waals surface area (Å²) in [5.41, 5.74) is 0. The van der Waals surface area contributed by atoms with E-state index in [-0.39, 0.29) is 0 Å². The predicted octanol–water partition coefficient (Wildman–Crippen LogP) is 7.35. The largest absolute Gasteiger partial charge is 0.396 e. The van der Waals surface area contributed by atoms with Gasteiger partial charge in [0, 0.05) is 11.9 Å². The molecule has 22 heavy (non-hydrogen) atoms. The molecule has 0 aliphatic rings. The smallest absolute Gasteiger partial charge is 0.0433 e. The average Bonchev–Trinajstić information content (AvgIpc) is 2.52. The number of aliphatic hydroxyl groups is 1. The van der Waals surface area contributed by atoms with E-state index in [2.05, 4.69) is 43.6 Å². The monoisotopic (exact) mass is 378 g/mol. The minimum Gasteiger partial charge on any atom is -0.396 e. The Balaban J connectivity index is 0. The molecule has 0 fully saturated rings. The highest BCUT2D eigenvalue weighted by molar-refractivity contribution is 9.09. The lowest BCUT2D eigenvalue weighted by atomic mass is 9.94. The molecule has 1 N–H and O–H groups in total. The van der Waals surface area contributed by atoms with Crippen molar-refractivity contribution in [1.82, 2.24) is 0 Å². The van der Waals surface area contributed by atoms with Crippen molar-refractivity contribution in [1.29, 1.82) is 0 Å². The molecule has 1 nitrogen and oxygen atoms in total. The van der Waals surface area contributed by atoms with E-state index in [9.17, 15) is 0 Å². The molecule has 2 heteroatoms. The number of halogens is 1. The Morgan fingerprint density at radius 3 is 1.41 bits per heavy atom. The third kappa shape index (κ3) is 18.5. The van der Waals surface area contributed by atoms with E-state index in [0.29, 0.717) is 6.61 Å². The summed E-state index contributed by atoms with van der Waals surface area (Å²) in [4.78, 5) is 0. The molecule has 0 saturated carbocycles. The van der Waals surface area contributed by atoms with Gasteiger partial charge < -0.3 is 5.11 Å². The summed E-state index contributed by atoms with van der Waals surface area (Å²) in [6.45, 7) is 9.37. The minimum absolute atomic E-state index is 0.369. The van der Waals surface area contributed by atoms with Gasteiger partial charge in [0.1, 0.15) is 0 Å². The zero-order valence-electron chi connectivity index (χ0n) is 15.9. The SMILES string of the molecule is CCCCC(CCC)CCBr.CCCCC(CCC)CCO. The Labute approximate surface area is 149 Å². The first-order valence-electron chi connectivity index (χ1n) is 9.86. The maximum absolute atomic E-state index is 8.76. The van der Waals surface area contributed by atoms with E-state index in [1.165, 1.54) is 76.0 Å². The van der Waals surface area contributed by atoms with Crippen molar-refractivity contribution in [3.63, 3.8) is 0 Å². The Bertz CT molecular complexity index is 153. The van der Waals surface area contributed by atoms with Gasteiger partial charge in [-0.05, 0) is 24.7 Å². The second-order valence-electron chi connectivity index (χ2n) is 6.58. The lowest BCUT2D eigenvalue weighted by Gasteiger charge is -2.13. The number of hydrogen-bond donors (Lipinski definition) is 1. The van der Waals surface area contributed by atoms with Crippen LogP contribution in [-0.2, 0) is 0 Å². The van der Waals surface area contributed by atoms with Gasteiger partial charge in [0.2, 0.25) is 0 Å². The Morgan fingerprint density at radius 2 is 1.09 bits per heavy atom. The molecule has 136 valence electrons. The third-order valence-electron chi connectivity index (χ3n) is 4.38. The van der Waals surface area contributed by atoms with Crippen LogP contribution in [0.4, 0.5) is 0 Å². The van der Waals surface area contributed by atoms with Gasteiger partial charge >= 0.3 is 0 Å². The van der Waals surface area contributed by atoms with Crippen molar-refractivity contribution in [3.05, 3.63) is 0 Å². The van der Waals surface area contributed by atoms with Gasteiger partial charge in [-0.25, -0.2) is 0 Å². The highest BCUT2D eigenvalue weighted by Crippen LogP contribution is 2.19. The average molecular weight is 379 g/mol. The van der Waals surface area contributed by atoms with Crippen molar-refractivity contribution in [2.24, 2.45) is 11.8 Å². The van der Waals surface area contributed by atoms with E-state index in [0.717, 1.165) is 18.3 Å². The van der Waals surface area contributed by atoms with Gasteiger partial charge in [-0.15, -0.1) is 0 Å². The standard InChI is InChI=1S/C10H21Br.C10H22O/c2*1-3-5-7-10(6-4-2)8-9-11/h10H,3-9H2,1-2H3;10-11H,3-9H2,1-2H3. The Kier molecular flexibility index (Phi) is 24.1. The van der Waals surface area contributed by atoms with Crippen LogP contribution in [0.3, 0.4) is 0 Å². The number of aliphatic hydroxyl groups excluding tert-OH is 1. The molecule has 0 amide bonds. The van der Waals surface area contributed by atoms with Gasteiger partial charge in [-0.1, -0.05) is 108 Å². The molecule has 0 bridgehead atoms. The van der Waals surface area contributed by atoms with Crippen LogP contribution in [0.5, 0.6) is 0 Å². The maximum atomic E-state index is 8.76. The van der Waals surface area contributed by atoms with Gasteiger partial charge in [0.05, 0.1) is 0 Å². The highest BCUT2D eigenvalue weighted by atomic mass is 79.9. The molecule has 0 aromatic carbocycles. The molecule has 0 spiro atoms. The molecule has 0 aliphatic heterocycles. The molecule has 0 heterocycles. The van der Waals surface area contributed by atoms with Crippen LogP contribution in [0.25, 0.3) is 0 Å². The van der Waals surface area contributed by atoms with E-state index < -0.39 is 0 Å². The fourth-order valence-corrected chi connectivity index (χ4v) is 3.65. The summed E-state index contributed by atoms with van der Waals surface area (Å²) in [5, 5.41) is 9.94. The van der Waals surface area contributed by atoms with Crippen LogP contribution in [0.1, 0.15) is 105 Å². The predicted molar refractivity (Wildman–Crippen MR) is 106 cm³/mol. The number of rotatable bonds is 14. The molecular weight excluding hydrogens is 336 g/mol. The second kappa shape index (κ2) is 21.4. The molecule has 2 unspecified atom stereocenters. The first kappa shape index (κ1) is 24.7. The summed E-state index contributed by atoms with van der Waals surface area (Å²) >= 11 is 3.51. The summed E-state index contributed by atoms with van der Waals surface area (Å²) in [5.74, 6) is 1.77. The van der Waals surface area contributed by atoms with Gasteiger partial charge in [0.25, 0.3) is 0 Å². The van der Waals surface area contributed by atoms with Crippen molar-refractivity contribution >= 4 is 15.9 Å². The van der Waals surface area contributed by atoms with Gasteiger partial charge in [0.15, 0.2) is 0 Å². The molecule has 0 aliphatic carbocycles. The molecule has 0 aromatic rings. The molecule has 0 rings (SSSR count). The van der Waals surface area contributed by atoms with Gasteiger partial charge in [-0.3, -0.25) is 0 Å². The Hall–Kier alpha value is 0.440. The lowest BCUT2D eigenvalue weighted by Crippen LogP contribution is -2.02. The van der Waals surface area contributed by atoms with Crippen molar-refractivity contribution in [2.75, 3.05) is 11.9 Å². The first-order valence-corrected chi connectivity index (χ1v) is 11.0. The van der Waals surface area contributed by atoms with E-state index in [1.807, 2.05) is 0 Å². The zero-order chi connectivity index (χ0) is 17.1. The van der Waals surface area contributed by atoms with Gasteiger partial charge in [-0.2, -0.15) is 0 Å². The van der Waals surface area contributed by atoms with E-state index in [4.69, 9.17) is 5.11 Å². The van der Waals surface area contributed by atoms with Crippen molar-refractivity contribution in [3.8, 4) is 0 Å². The molecule has 0 saturated heterocycles. The number of unbranched alkanes of at least 4 members (excludes halogenated alkanes) is 2. The summed E-state index contributed by atoms with van der Waals surface area (Å²) in [6, 6.07) is 0. The fourth-order valence-electron chi connectivity index (χ4n) is 3.00. The highest BCUT2D eigenvalue weighted by Gasteiger charge is 2.05. The lowest BCUT2D eigenvalue weighted by molar-refractivity contribution is 0.244. The normalized spacial score (nSPS) is 13.4. The van der Waals surface area contributed by atoms with Crippen LogP contribution in [0, 0.1) is 11.8 Å². The quantitative estimate of drug-likeness (QED) is 0.313. The van der Waals surface area contributed by atoms with E-state index >= 15 is 0 Å². The molecule has 0 aromatic heterocycles.